The predicted octanol–water partition coefficient (Wildman–Crippen LogP) is 5.40. The molecule has 3 aromatic carbocycles. The number of hydrogen-bond acceptors (Lipinski definition) is 4. The molecule has 0 spiro atoms. The predicted molar refractivity (Wildman–Crippen MR) is 135 cm³/mol. The Balaban J connectivity index is 1.99. The van der Waals surface area contributed by atoms with Crippen LogP contribution in [0.15, 0.2) is 54.6 Å². The summed E-state index contributed by atoms with van der Waals surface area (Å²) in [7, 11) is 0. The third-order valence-electron chi connectivity index (χ3n) is 5.56. The molecule has 0 fully saturated rings. The summed E-state index contributed by atoms with van der Waals surface area (Å²) in [6, 6.07) is 18.8. The van der Waals surface area contributed by atoms with Gasteiger partial charge in [-0.15, -0.1) is 4.57 Å². The molecule has 0 radical (unpaired) electrons. The highest BCUT2D eigenvalue weighted by molar-refractivity contribution is 5.87. The molecule has 0 aliphatic carbocycles. The molecular weight excluding hydrogens is 394 g/mol. The number of para-hydroxylation sites is 1. The van der Waals surface area contributed by atoms with Crippen LogP contribution in [0.1, 0.15) is 45.7 Å². The van der Waals surface area contributed by atoms with Gasteiger partial charge in [0.1, 0.15) is 11.0 Å². The van der Waals surface area contributed by atoms with Crippen molar-refractivity contribution in [2.75, 3.05) is 11.1 Å². The van der Waals surface area contributed by atoms with Gasteiger partial charge in [-0.1, -0.05) is 18.2 Å². The van der Waals surface area contributed by atoms with Gasteiger partial charge in [-0.3, -0.25) is 5.32 Å². The first-order valence-corrected chi connectivity index (χ1v) is 11.1. The maximum atomic E-state index is 6.31. The second kappa shape index (κ2) is 7.75. The van der Waals surface area contributed by atoms with Crippen molar-refractivity contribution in [1.29, 1.82) is 0 Å². The lowest BCUT2D eigenvalue weighted by Gasteiger charge is -2.36. The van der Waals surface area contributed by atoms with Crippen LogP contribution < -0.4 is 20.9 Å². The molecule has 166 valence electrons. The molecule has 0 amide bonds. The lowest BCUT2D eigenvalue weighted by Crippen LogP contribution is -2.55. The van der Waals surface area contributed by atoms with E-state index in [1.54, 1.807) is 0 Å². The second-order valence-corrected chi connectivity index (χ2v) is 10.3. The number of nitrogens with one attached hydrogen (secondary N) is 2. The Hall–Kier alpha value is -3.18. The van der Waals surface area contributed by atoms with Gasteiger partial charge in [0.15, 0.2) is 0 Å². The summed E-state index contributed by atoms with van der Waals surface area (Å²) >= 11 is 0. The number of nitrogens with two attached hydrogens (primary N) is 1. The highest BCUT2D eigenvalue weighted by atomic mass is 15.2. The number of nitrogens with zero attached hydrogens (tertiary/aromatic N) is 2. The molecule has 0 bridgehead atoms. The summed E-state index contributed by atoms with van der Waals surface area (Å²) < 4.78 is 2.25. The number of nitrogen functional groups attached to an aromatic ring is 1. The van der Waals surface area contributed by atoms with Gasteiger partial charge in [0.25, 0.3) is 0 Å². The van der Waals surface area contributed by atoms with E-state index in [2.05, 4.69) is 99.2 Å². The zero-order valence-corrected chi connectivity index (χ0v) is 20.2. The first-order chi connectivity index (χ1) is 14.9. The largest absolute Gasteiger partial charge is 0.398 e. The van der Waals surface area contributed by atoms with Crippen LogP contribution in [0.5, 0.6) is 0 Å². The Bertz CT molecular complexity index is 1300. The molecule has 0 saturated carbocycles. The molecule has 32 heavy (non-hydrogen) atoms. The molecule has 0 unspecified atom stereocenters. The summed E-state index contributed by atoms with van der Waals surface area (Å²) in [5, 5.41) is 7.36. The number of aromatic nitrogens is 2. The molecule has 0 saturated heterocycles. The van der Waals surface area contributed by atoms with E-state index >= 15 is 0 Å². The molecule has 0 aliphatic rings. The molecule has 5 nitrogen and oxygen atoms in total. The molecule has 1 aromatic heterocycles. The van der Waals surface area contributed by atoms with Gasteiger partial charge in [0, 0.05) is 41.2 Å². The van der Waals surface area contributed by atoms with E-state index in [4.69, 9.17) is 10.7 Å². The van der Waals surface area contributed by atoms with Crippen molar-refractivity contribution in [2.45, 2.75) is 59.7 Å². The number of rotatable bonds is 4. The highest BCUT2D eigenvalue weighted by Crippen LogP contribution is 2.27. The molecular formula is C27H34N5+. The number of aryl methyl sites for hydroxylation is 2. The van der Waals surface area contributed by atoms with Crippen LogP contribution in [-0.2, 0) is 0 Å². The van der Waals surface area contributed by atoms with Crippen molar-refractivity contribution in [3.05, 3.63) is 65.7 Å². The fourth-order valence-corrected chi connectivity index (χ4v) is 4.47. The van der Waals surface area contributed by atoms with E-state index in [1.165, 1.54) is 0 Å². The van der Waals surface area contributed by atoms with Crippen LogP contribution in [0.25, 0.3) is 27.8 Å². The van der Waals surface area contributed by atoms with Gasteiger partial charge in [-0.05, 0) is 71.7 Å². The monoisotopic (exact) mass is 428 g/mol. The normalized spacial score (nSPS) is 12.5. The van der Waals surface area contributed by atoms with Gasteiger partial charge in [0.05, 0.1) is 5.66 Å². The maximum Gasteiger partial charge on any atom is 0.239 e. The van der Waals surface area contributed by atoms with E-state index in [9.17, 15) is 0 Å². The van der Waals surface area contributed by atoms with Crippen LogP contribution in [0, 0.1) is 13.8 Å². The van der Waals surface area contributed by atoms with Crippen molar-refractivity contribution in [1.82, 2.24) is 10.3 Å². The van der Waals surface area contributed by atoms with Gasteiger partial charge < -0.3 is 11.1 Å². The summed E-state index contributed by atoms with van der Waals surface area (Å²) in [5.74, 6) is 0. The minimum atomic E-state index is -0.292. The van der Waals surface area contributed by atoms with Crippen molar-refractivity contribution >= 4 is 33.4 Å². The zero-order valence-electron chi connectivity index (χ0n) is 20.2. The van der Waals surface area contributed by atoms with Crippen LogP contribution in [0.2, 0.25) is 0 Å². The van der Waals surface area contributed by atoms with Crippen LogP contribution in [-0.4, -0.2) is 16.2 Å². The Morgan fingerprint density at radius 3 is 2.03 bits per heavy atom. The van der Waals surface area contributed by atoms with Crippen LogP contribution in [0.4, 0.5) is 11.4 Å². The highest BCUT2D eigenvalue weighted by Gasteiger charge is 2.26. The smallest absolute Gasteiger partial charge is 0.239 e. The zero-order chi connectivity index (χ0) is 23.3. The first-order valence-electron chi connectivity index (χ1n) is 11.1. The summed E-state index contributed by atoms with van der Waals surface area (Å²) in [6.45, 7) is 15.0. The average Bonchev–Trinajstić information content (AvgIpc) is 2.67. The molecule has 4 aromatic rings. The summed E-state index contributed by atoms with van der Waals surface area (Å²) in [6.07, 6.45) is 0. The quantitative estimate of drug-likeness (QED) is 0.176. The Labute approximate surface area is 190 Å². The number of fused-ring (bicyclic) bond motifs is 2. The minimum Gasteiger partial charge on any atom is -0.398 e. The van der Waals surface area contributed by atoms with Crippen molar-refractivity contribution in [2.24, 2.45) is 0 Å². The van der Waals surface area contributed by atoms with Gasteiger partial charge >= 0.3 is 0 Å². The molecule has 0 atom stereocenters. The topological polar surface area (TPSA) is 66.9 Å². The van der Waals surface area contributed by atoms with Crippen LogP contribution >= 0.6 is 0 Å². The van der Waals surface area contributed by atoms with E-state index in [0.717, 1.165) is 50.3 Å². The van der Waals surface area contributed by atoms with Gasteiger partial charge in [0.2, 0.25) is 16.7 Å². The summed E-state index contributed by atoms with van der Waals surface area (Å²) in [5.41, 5.74) is 15.0. The number of benzene rings is 3. The summed E-state index contributed by atoms with van der Waals surface area (Å²) in [4.78, 5) is 5.00. The fourth-order valence-electron chi connectivity index (χ4n) is 4.47. The number of anilines is 2. The third-order valence-corrected chi connectivity index (χ3v) is 5.56. The second-order valence-electron chi connectivity index (χ2n) is 10.3. The third kappa shape index (κ3) is 4.39. The van der Waals surface area contributed by atoms with E-state index in [0.29, 0.717) is 0 Å². The van der Waals surface area contributed by atoms with Crippen LogP contribution in [0.3, 0.4) is 0 Å². The maximum absolute atomic E-state index is 6.31. The molecule has 4 N–H and O–H groups in total. The Morgan fingerprint density at radius 1 is 0.812 bits per heavy atom. The lowest BCUT2D eigenvalue weighted by molar-refractivity contribution is -0.538. The van der Waals surface area contributed by atoms with Gasteiger partial charge in [-0.2, -0.15) is 0 Å². The Kier molecular flexibility index (Phi) is 5.33. The first kappa shape index (κ1) is 22.0. The molecule has 1 heterocycles. The van der Waals surface area contributed by atoms with Crippen molar-refractivity contribution in [3.8, 4) is 5.69 Å². The Morgan fingerprint density at radius 2 is 1.41 bits per heavy atom. The lowest BCUT2D eigenvalue weighted by atomic mass is 10.0. The molecule has 0 aliphatic heterocycles. The van der Waals surface area contributed by atoms with E-state index < -0.39 is 0 Å². The fraction of sp³-hybridized carbons (Fsp3) is 0.333. The van der Waals surface area contributed by atoms with Crippen molar-refractivity contribution < 1.29 is 4.57 Å². The molecule has 5 heteroatoms. The minimum absolute atomic E-state index is 0.0155. The molecule has 4 rings (SSSR count). The van der Waals surface area contributed by atoms with E-state index in [-0.39, 0.29) is 11.2 Å². The number of hydrogen-bond donors (Lipinski definition) is 3. The van der Waals surface area contributed by atoms with Gasteiger partial charge in [-0.25, -0.2) is 4.98 Å². The SMILES string of the molecule is Cc1cc2nc3cc(C)c(NC(C)(C)NC(C)(C)C)cc3[n+](-c3ccccc3)c2cc1N. The average molecular weight is 429 g/mol. The standard InChI is InChI=1S/C27H33N5/c1-17-13-22-24(15-20(17)28)32(19-11-9-8-10-12-19)25-16-21(18(2)14-23(25)29-22)30-27(6,7)31-26(3,4)5/h8-16,31H,1-7H3,(H2,28,30)/p+1. The van der Waals surface area contributed by atoms with Crippen molar-refractivity contribution in [3.63, 3.8) is 0 Å². The van der Waals surface area contributed by atoms with E-state index in [1.807, 2.05) is 19.1 Å².